The molecule has 0 spiro atoms. The number of hydrogen-bond donors (Lipinski definition) is 0. The SMILES string of the molecule is O=C(/C=C/c1ccc2nccnc2c1)c1ccc(-c2ccc(OC(F)(F)F)c(F)c2)cc1. The van der Waals surface area contributed by atoms with Crippen LogP contribution in [0.25, 0.3) is 28.2 Å². The number of aromatic nitrogens is 2. The highest BCUT2D eigenvalue weighted by molar-refractivity contribution is 6.07. The van der Waals surface area contributed by atoms with Gasteiger partial charge in [0.25, 0.3) is 0 Å². The molecule has 4 aromatic rings. The highest BCUT2D eigenvalue weighted by atomic mass is 19.4. The number of allylic oxidation sites excluding steroid dienone is 1. The number of rotatable bonds is 5. The van der Waals surface area contributed by atoms with Crippen LogP contribution >= 0.6 is 0 Å². The molecular formula is C24H14F4N2O2. The van der Waals surface area contributed by atoms with Crippen LogP contribution < -0.4 is 4.74 Å². The second-order valence-electron chi connectivity index (χ2n) is 6.77. The van der Waals surface area contributed by atoms with Gasteiger partial charge in [0, 0.05) is 18.0 Å². The molecule has 8 heteroatoms. The van der Waals surface area contributed by atoms with Gasteiger partial charge >= 0.3 is 6.36 Å². The van der Waals surface area contributed by atoms with Crippen molar-refractivity contribution in [2.75, 3.05) is 0 Å². The fourth-order valence-corrected chi connectivity index (χ4v) is 3.07. The Kier molecular flexibility index (Phi) is 5.68. The smallest absolute Gasteiger partial charge is 0.403 e. The summed E-state index contributed by atoms with van der Waals surface area (Å²) in [5.41, 5.74) is 3.55. The van der Waals surface area contributed by atoms with Crippen molar-refractivity contribution in [3.63, 3.8) is 0 Å². The lowest BCUT2D eigenvalue weighted by molar-refractivity contribution is -0.275. The summed E-state index contributed by atoms with van der Waals surface area (Å²) in [6.45, 7) is 0. The van der Waals surface area contributed by atoms with E-state index >= 15 is 0 Å². The highest BCUT2D eigenvalue weighted by Crippen LogP contribution is 2.29. The van der Waals surface area contributed by atoms with Crippen molar-refractivity contribution >= 4 is 22.9 Å². The van der Waals surface area contributed by atoms with Gasteiger partial charge in [0.05, 0.1) is 11.0 Å². The lowest BCUT2D eigenvalue weighted by Crippen LogP contribution is -2.17. The van der Waals surface area contributed by atoms with Crippen LogP contribution in [0.2, 0.25) is 0 Å². The maximum Gasteiger partial charge on any atom is 0.573 e. The molecule has 0 amide bonds. The Morgan fingerprint density at radius 1 is 0.844 bits per heavy atom. The topological polar surface area (TPSA) is 52.1 Å². The van der Waals surface area contributed by atoms with Crippen LogP contribution in [-0.4, -0.2) is 22.1 Å². The summed E-state index contributed by atoms with van der Waals surface area (Å²) in [7, 11) is 0. The number of ketones is 1. The molecule has 0 N–H and O–H groups in total. The van der Waals surface area contributed by atoms with Gasteiger partial charge in [-0.1, -0.05) is 42.5 Å². The zero-order valence-electron chi connectivity index (χ0n) is 16.3. The molecule has 0 aliphatic rings. The van der Waals surface area contributed by atoms with Gasteiger partial charge in [-0.25, -0.2) is 4.39 Å². The summed E-state index contributed by atoms with van der Waals surface area (Å²) < 4.78 is 54.4. The Labute approximate surface area is 179 Å². The van der Waals surface area contributed by atoms with Gasteiger partial charge in [-0.05, 0) is 47.0 Å². The maximum absolute atomic E-state index is 13.9. The van der Waals surface area contributed by atoms with Crippen LogP contribution in [0.3, 0.4) is 0 Å². The second kappa shape index (κ2) is 8.58. The largest absolute Gasteiger partial charge is 0.573 e. The molecular weight excluding hydrogens is 424 g/mol. The van der Waals surface area contributed by atoms with E-state index in [1.165, 1.54) is 12.1 Å². The van der Waals surface area contributed by atoms with Gasteiger partial charge in [-0.3, -0.25) is 14.8 Å². The standard InChI is InChI=1S/C24H14F4N2O2/c25-19-14-18(7-10-23(19)32-24(26,27)28)16-3-5-17(6-4-16)22(31)9-2-15-1-8-20-21(13-15)30-12-11-29-20/h1-14H/b9-2+. The lowest BCUT2D eigenvalue weighted by atomic mass is 10.0. The fraction of sp³-hybridized carbons (Fsp3) is 0.0417. The third-order valence-electron chi connectivity index (χ3n) is 4.58. The molecule has 0 fully saturated rings. The van der Waals surface area contributed by atoms with Crippen molar-refractivity contribution in [1.29, 1.82) is 0 Å². The molecule has 1 aromatic heterocycles. The molecule has 4 rings (SSSR count). The van der Waals surface area contributed by atoms with Crippen molar-refractivity contribution < 1.29 is 27.1 Å². The molecule has 0 radical (unpaired) electrons. The van der Waals surface area contributed by atoms with Crippen LogP contribution in [0.1, 0.15) is 15.9 Å². The van der Waals surface area contributed by atoms with Crippen LogP contribution in [0.15, 0.2) is 79.1 Å². The first kappa shape index (κ1) is 21.2. The summed E-state index contributed by atoms with van der Waals surface area (Å²) in [5, 5.41) is 0. The van der Waals surface area contributed by atoms with Crippen molar-refractivity contribution in [1.82, 2.24) is 9.97 Å². The summed E-state index contributed by atoms with van der Waals surface area (Å²) in [6.07, 6.45) is 1.31. The summed E-state index contributed by atoms with van der Waals surface area (Å²) in [6, 6.07) is 14.9. The molecule has 32 heavy (non-hydrogen) atoms. The van der Waals surface area contributed by atoms with E-state index in [1.807, 2.05) is 18.2 Å². The number of carbonyl (C=O) groups excluding carboxylic acids is 1. The molecule has 4 nitrogen and oxygen atoms in total. The first-order valence-corrected chi connectivity index (χ1v) is 9.37. The molecule has 3 aromatic carbocycles. The molecule has 0 saturated heterocycles. The summed E-state index contributed by atoms with van der Waals surface area (Å²) in [4.78, 5) is 20.9. The van der Waals surface area contributed by atoms with Gasteiger partial charge in [-0.15, -0.1) is 13.2 Å². The number of carbonyl (C=O) groups is 1. The molecule has 160 valence electrons. The van der Waals surface area contributed by atoms with Gasteiger partial charge in [0.2, 0.25) is 0 Å². The average molecular weight is 438 g/mol. The predicted molar refractivity (Wildman–Crippen MR) is 111 cm³/mol. The number of benzene rings is 3. The Morgan fingerprint density at radius 2 is 1.53 bits per heavy atom. The van der Waals surface area contributed by atoms with Gasteiger partial charge in [0.1, 0.15) is 0 Å². The number of halogens is 4. The number of ether oxygens (including phenoxy) is 1. The summed E-state index contributed by atoms with van der Waals surface area (Å²) in [5.74, 6) is -2.28. The van der Waals surface area contributed by atoms with E-state index in [0.717, 1.165) is 23.2 Å². The van der Waals surface area contributed by atoms with E-state index in [0.29, 0.717) is 22.2 Å². The van der Waals surface area contributed by atoms with Crippen LogP contribution in [0, 0.1) is 5.82 Å². The predicted octanol–water partition coefficient (Wildman–Crippen LogP) is 6.23. The fourth-order valence-electron chi connectivity index (χ4n) is 3.07. The van der Waals surface area contributed by atoms with Gasteiger partial charge < -0.3 is 4.74 Å². The van der Waals surface area contributed by atoms with E-state index < -0.39 is 17.9 Å². The van der Waals surface area contributed by atoms with E-state index in [9.17, 15) is 22.4 Å². The Hall–Kier alpha value is -4.07. The van der Waals surface area contributed by atoms with Gasteiger partial charge in [-0.2, -0.15) is 0 Å². The minimum Gasteiger partial charge on any atom is -0.403 e. The molecule has 0 unspecified atom stereocenters. The van der Waals surface area contributed by atoms with Crippen molar-refractivity contribution in [2.45, 2.75) is 6.36 Å². The van der Waals surface area contributed by atoms with E-state index in [-0.39, 0.29) is 5.78 Å². The van der Waals surface area contributed by atoms with Crippen molar-refractivity contribution in [2.24, 2.45) is 0 Å². The van der Waals surface area contributed by atoms with Gasteiger partial charge in [0.15, 0.2) is 17.3 Å². The first-order valence-electron chi connectivity index (χ1n) is 9.37. The zero-order valence-corrected chi connectivity index (χ0v) is 16.3. The van der Waals surface area contributed by atoms with E-state index in [4.69, 9.17) is 0 Å². The minimum absolute atomic E-state index is 0.240. The number of alkyl halides is 3. The maximum atomic E-state index is 13.9. The normalized spacial score (nSPS) is 11.8. The summed E-state index contributed by atoms with van der Waals surface area (Å²) >= 11 is 0. The zero-order chi connectivity index (χ0) is 22.7. The third-order valence-corrected chi connectivity index (χ3v) is 4.58. The number of nitrogens with zero attached hydrogens (tertiary/aromatic N) is 2. The molecule has 0 bridgehead atoms. The molecule has 0 saturated carbocycles. The average Bonchev–Trinajstić information content (AvgIpc) is 2.78. The van der Waals surface area contributed by atoms with Crippen LogP contribution in [0.5, 0.6) is 5.75 Å². The quantitative estimate of drug-likeness (QED) is 0.211. The highest BCUT2D eigenvalue weighted by Gasteiger charge is 2.32. The minimum atomic E-state index is -4.97. The van der Waals surface area contributed by atoms with Crippen molar-refractivity contribution in [3.8, 4) is 16.9 Å². The van der Waals surface area contributed by atoms with Crippen molar-refractivity contribution in [3.05, 3.63) is 96.1 Å². The number of hydrogen-bond acceptors (Lipinski definition) is 4. The first-order chi connectivity index (χ1) is 15.3. The Morgan fingerprint density at radius 3 is 2.22 bits per heavy atom. The molecule has 0 aliphatic heterocycles. The molecule has 0 atom stereocenters. The Balaban J connectivity index is 1.48. The van der Waals surface area contributed by atoms with Crippen LogP contribution in [-0.2, 0) is 0 Å². The van der Waals surface area contributed by atoms with Crippen LogP contribution in [0.4, 0.5) is 17.6 Å². The Bertz CT molecular complexity index is 1320. The molecule has 0 aliphatic carbocycles. The number of fused-ring (bicyclic) bond motifs is 1. The second-order valence-corrected chi connectivity index (χ2v) is 6.77. The monoisotopic (exact) mass is 438 g/mol. The molecule has 1 heterocycles. The lowest BCUT2D eigenvalue weighted by Gasteiger charge is -2.10. The van der Waals surface area contributed by atoms with E-state index in [2.05, 4.69) is 14.7 Å². The van der Waals surface area contributed by atoms with E-state index in [1.54, 1.807) is 42.7 Å². The third kappa shape index (κ3) is 4.97.